The van der Waals surface area contributed by atoms with Crippen LogP contribution in [0, 0.1) is 11.8 Å². The largest absolute Gasteiger partial charge is 0.390 e. The van der Waals surface area contributed by atoms with Crippen LogP contribution in [0.1, 0.15) is 27.2 Å². The zero-order chi connectivity index (χ0) is 9.07. The molecule has 68 valence electrons. The Balaban J connectivity index is 3.83. The minimum atomic E-state index is -2.90. The third-order valence-corrected chi connectivity index (χ3v) is 1.99. The predicted octanol–water partition coefficient (Wildman–Crippen LogP) is 2.30. The molecule has 11 heavy (non-hydrogen) atoms. The van der Waals surface area contributed by atoms with E-state index in [1.165, 1.54) is 0 Å². The first-order valence-corrected chi connectivity index (χ1v) is 3.87. The minimum absolute atomic E-state index is 0.0443. The SMILES string of the molecule is CC(C)[C@@H](C)CC(F)(F)CO. The van der Waals surface area contributed by atoms with Crippen LogP contribution in [0.2, 0.25) is 0 Å². The molecule has 0 radical (unpaired) electrons. The molecule has 0 saturated heterocycles. The van der Waals surface area contributed by atoms with Crippen molar-refractivity contribution in [3.8, 4) is 0 Å². The van der Waals surface area contributed by atoms with E-state index in [9.17, 15) is 8.78 Å². The highest BCUT2D eigenvalue weighted by Gasteiger charge is 2.30. The first kappa shape index (κ1) is 10.8. The van der Waals surface area contributed by atoms with Crippen molar-refractivity contribution in [3.05, 3.63) is 0 Å². The summed E-state index contributed by atoms with van der Waals surface area (Å²) in [5.41, 5.74) is 0. The molecule has 0 aliphatic rings. The topological polar surface area (TPSA) is 20.2 Å². The summed E-state index contributed by atoms with van der Waals surface area (Å²) in [7, 11) is 0. The van der Waals surface area contributed by atoms with Gasteiger partial charge < -0.3 is 5.11 Å². The van der Waals surface area contributed by atoms with Gasteiger partial charge in [-0.2, -0.15) is 0 Å². The number of alkyl halides is 2. The summed E-state index contributed by atoms with van der Waals surface area (Å²) in [5, 5.41) is 8.27. The molecule has 3 heteroatoms. The summed E-state index contributed by atoms with van der Waals surface area (Å²) in [6.45, 7) is 4.54. The van der Waals surface area contributed by atoms with Gasteiger partial charge in [-0.15, -0.1) is 0 Å². The van der Waals surface area contributed by atoms with Crippen LogP contribution in [-0.4, -0.2) is 17.6 Å². The van der Waals surface area contributed by atoms with Crippen molar-refractivity contribution >= 4 is 0 Å². The van der Waals surface area contributed by atoms with Gasteiger partial charge in [0.25, 0.3) is 5.92 Å². The van der Waals surface area contributed by atoms with Gasteiger partial charge in [-0.25, -0.2) is 8.78 Å². The molecule has 0 aromatic carbocycles. The van der Waals surface area contributed by atoms with Crippen LogP contribution in [0.5, 0.6) is 0 Å². The molecule has 0 heterocycles. The van der Waals surface area contributed by atoms with Crippen molar-refractivity contribution in [2.45, 2.75) is 33.1 Å². The molecule has 0 aliphatic carbocycles. The maximum Gasteiger partial charge on any atom is 0.270 e. The van der Waals surface area contributed by atoms with Crippen LogP contribution < -0.4 is 0 Å². The zero-order valence-electron chi connectivity index (χ0n) is 7.27. The Kier molecular flexibility index (Phi) is 3.93. The summed E-state index contributed by atoms with van der Waals surface area (Å²) in [4.78, 5) is 0. The molecule has 0 unspecified atom stereocenters. The maximum absolute atomic E-state index is 12.5. The van der Waals surface area contributed by atoms with Crippen molar-refractivity contribution in [2.75, 3.05) is 6.61 Å². The summed E-state index contributed by atoms with van der Waals surface area (Å²) in [6.07, 6.45) is -0.221. The van der Waals surface area contributed by atoms with Crippen molar-refractivity contribution in [2.24, 2.45) is 11.8 Å². The third-order valence-electron chi connectivity index (χ3n) is 1.99. The fourth-order valence-corrected chi connectivity index (χ4v) is 0.771. The summed E-state index contributed by atoms with van der Waals surface area (Å²) < 4.78 is 25.0. The Morgan fingerprint density at radius 1 is 1.27 bits per heavy atom. The van der Waals surface area contributed by atoms with E-state index in [-0.39, 0.29) is 18.3 Å². The molecule has 1 nitrogen and oxygen atoms in total. The van der Waals surface area contributed by atoms with Crippen LogP contribution in [-0.2, 0) is 0 Å². The van der Waals surface area contributed by atoms with Gasteiger partial charge in [-0.3, -0.25) is 0 Å². The highest BCUT2D eigenvalue weighted by Crippen LogP contribution is 2.26. The Hall–Kier alpha value is -0.180. The molecular weight excluding hydrogens is 150 g/mol. The third kappa shape index (κ3) is 4.30. The number of hydrogen-bond donors (Lipinski definition) is 1. The average Bonchev–Trinajstić information content (AvgIpc) is 1.87. The first-order valence-electron chi connectivity index (χ1n) is 3.87. The fraction of sp³-hybridized carbons (Fsp3) is 1.00. The normalized spacial score (nSPS) is 15.5. The van der Waals surface area contributed by atoms with Gasteiger partial charge in [-0.05, 0) is 11.8 Å². The molecule has 0 aliphatic heterocycles. The summed E-state index contributed by atoms with van der Waals surface area (Å²) in [6, 6.07) is 0. The lowest BCUT2D eigenvalue weighted by Gasteiger charge is -2.20. The minimum Gasteiger partial charge on any atom is -0.390 e. The van der Waals surface area contributed by atoms with E-state index in [2.05, 4.69) is 0 Å². The molecule has 1 N–H and O–H groups in total. The second kappa shape index (κ2) is 4.00. The van der Waals surface area contributed by atoms with Crippen molar-refractivity contribution < 1.29 is 13.9 Å². The van der Waals surface area contributed by atoms with Crippen LogP contribution in [0.3, 0.4) is 0 Å². The number of aliphatic hydroxyl groups is 1. The van der Waals surface area contributed by atoms with Crippen LogP contribution >= 0.6 is 0 Å². The molecule has 0 aromatic rings. The highest BCUT2D eigenvalue weighted by atomic mass is 19.3. The lowest BCUT2D eigenvalue weighted by molar-refractivity contribution is -0.0699. The van der Waals surface area contributed by atoms with Crippen LogP contribution in [0.25, 0.3) is 0 Å². The van der Waals surface area contributed by atoms with Gasteiger partial charge in [0.05, 0.1) is 0 Å². The molecule has 1 atom stereocenters. The zero-order valence-corrected chi connectivity index (χ0v) is 7.27. The fourth-order valence-electron chi connectivity index (χ4n) is 0.771. The molecule has 0 spiro atoms. The Bertz CT molecular complexity index is 113. The van der Waals surface area contributed by atoms with Crippen molar-refractivity contribution in [1.29, 1.82) is 0 Å². The van der Waals surface area contributed by atoms with E-state index < -0.39 is 12.5 Å². The number of hydrogen-bond acceptors (Lipinski definition) is 1. The smallest absolute Gasteiger partial charge is 0.270 e. The van der Waals surface area contributed by atoms with E-state index in [1.54, 1.807) is 6.92 Å². The van der Waals surface area contributed by atoms with Crippen molar-refractivity contribution in [1.82, 2.24) is 0 Å². The highest BCUT2D eigenvalue weighted by molar-refractivity contribution is 4.70. The predicted molar refractivity (Wildman–Crippen MR) is 40.7 cm³/mol. The van der Waals surface area contributed by atoms with Crippen LogP contribution in [0.15, 0.2) is 0 Å². The lowest BCUT2D eigenvalue weighted by atomic mass is 9.92. The molecule has 0 amide bonds. The first-order chi connectivity index (χ1) is 4.89. The molecule has 0 saturated carbocycles. The van der Waals surface area contributed by atoms with E-state index in [0.29, 0.717) is 0 Å². The second-order valence-electron chi connectivity index (χ2n) is 3.44. The molecular formula is C8H16F2O. The summed E-state index contributed by atoms with van der Waals surface area (Å²) in [5.74, 6) is -2.70. The van der Waals surface area contributed by atoms with Gasteiger partial charge in [-0.1, -0.05) is 20.8 Å². The van der Waals surface area contributed by atoms with E-state index in [4.69, 9.17) is 5.11 Å². The average molecular weight is 166 g/mol. The maximum atomic E-state index is 12.5. The number of halogens is 2. The monoisotopic (exact) mass is 166 g/mol. The number of rotatable bonds is 4. The molecule has 0 rings (SSSR count). The van der Waals surface area contributed by atoms with E-state index >= 15 is 0 Å². The van der Waals surface area contributed by atoms with Gasteiger partial charge in [0.15, 0.2) is 0 Å². The van der Waals surface area contributed by atoms with Gasteiger partial charge in [0, 0.05) is 6.42 Å². The quantitative estimate of drug-likeness (QED) is 0.679. The number of aliphatic hydroxyl groups excluding tert-OH is 1. The van der Waals surface area contributed by atoms with E-state index in [1.807, 2.05) is 13.8 Å². The van der Waals surface area contributed by atoms with Crippen LogP contribution in [0.4, 0.5) is 8.78 Å². The Morgan fingerprint density at radius 3 is 2.00 bits per heavy atom. The molecule has 0 bridgehead atoms. The molecule has 0 fully saturated rings. The van der Waals surface area contributed by atoms with Gasteiger partial charge >= 0.3 is 0 Å². The Morgan fingerprint density at radius 2 is 1.73 bits per heavy atom. The Labute approximate surface area is 66.4 Å². The van der Waals surface area contributed by atoms with E-state index in [0.717, 1.165) is 0 Å². The lowest BCUT2D eigenvalue weighted by Crippen LogP contribution is -2.26. The molecule has 0 aromatic heterocycles. The van der Waals surface area contributed by atoms with Gasteiger partial charge in [0.1, 0.15) is 6.61 Å². The van der Waals surface area contributed by atoms with Gasteiger partial charge in [0.2, 0.25) is 0 Å². The standard InChI is InChI=1S/C8H16F2O/c1-6(2)7(3)4-8(9,10)5-11/h6-7,11H,4-5H2,1-3H3/t7-/m0/s1. The summed E-state index contributed by atoms with van der Waals surface area (Å²) >= 11 is 0. The van der Waals surface area contributed by atoms with Crippen molar-refractivity contribution in [3.63, 3.8) is 0 Å². The second-order valence-corrected chi connectivity index (χ2v) is 3.44.